The molecule has 2 unspecified atom stereocenters. The summed E-state index contributed by atoms with van der Waals surface area (Å²) in [4.78, 5) is 14.3. The molecule has 0 aromatic carbocycles. The third-order valence-corrected chi connectivity index (χ3v) is 4.21. The first-order valence-electron chi connectivity index (χ1n) is 7.16. The van der Waals surface area contributed by atoms with Gasteiger partial charge < -0.3 is 10.6 Å². The number of aromatic nitrogens is 2. The maximum Gasteiger partial charge on any atom is 0.276 e. The summed E-state index contributed by atoms with van der Waals surface area (Å²) in [6, 6.07) is 0. The normalized spacial score (nSPS) is 23.6. The minimum Gasteiger partial charge on any atom is -0.395 e. The Morgan fingerprint density at radius 1 is 1.47 bits per heavy atom. The third-order valence-electron chi connectivity index (χ3n) is 4.21. The fraction of sp³-hybridized carbons (Fsp3) is 0.714. The number of nitrogen functional groups attached to an aromatic ring is 1. The number of nitrogens with two attached hydrogens (primary N) is 1. The quantitative estimate of drug-likeness (QED) is 0.877. The fourth-order valence-corrected chi connectivity index (χ4v) is 2.59. The summed E-state index contributed by atoms with van der Waals surface area (Å²) in [6.07, 6.45) is 2.87. The molecule has 2 rings (SSSR count). The van der Waals surface area contributed by atoms with E-state index in [1.54, 1.807) is 0 Å². The van der Waals surface area contributed by atoms with Gasteiger partial charge in [-0.05, 0) is 24.7 Å². The molecule has 2 heterocycles. The van der Waals surface area contributed by atoms with Crippen LogP contribution in [0.15, 0.2) is 0 Å². The SMILES string of the molecule is CCCc1[nH]nc(C(=O)N2CCC(C)C(C)C2)c1N. The number of anilines is 1. The number of carbonyl (C=O) groups is 1. The number of rotatable bonds is 3. The van der Waals surface area contributed by atoms with E-state index in [4.69, 9.17) is 5.73 Å². The number of nitrogens with zero attached hydrogens (tertiary/aromatic N) is 2. The van der Waals surface area contributed by atoms with Crippen LogP contribution in [0, 0.1) is 11.8 Å². The zero-order valence-electron chi connectivity index (χ0n) is 12.1. The number of aromatic amines is 1. The molecule has 0 spiro atoms. The van der Waals surface area contributed by atoms with E-state index in [9.17, 15) is 4.79 Å². The Balaban J connectivity index is 2.11. The van der Waals surface area contributed by atoms with Crippen LogP contribution in [0.25, 0.3) is 0 Å². The molecule has 1 fully saturated rings. The number of hydrogen-bond acceptors (Lipinski definition) is 3. The van der Waals surface area contributed by atoms with Gasteiger partial charge >= 0.3 is 0 Å². The van der Waals surface area contributed by atoms with E-state index in [1.807, 2.05) is 4.90 Å². The highest BCUT2D eigenvalue weighted by molar-refractivity contribution is 5.97. The van der Waals surface area contributed by atoms with Crippen molar-refractivity contribution in [1.29, 1.82) is 0 Å². The molecular weight excluding hydrogens is 240 g/mol. The molecule has 0 aliphatic carbocycles. The number of likely N-dealkylation sites (tertiary alicyclic amines) is 1. The average Bonchev–Trinajstić information content (AvgIpc) is 2.74. The van der Waals surface area contributed by atoms with Crippen LogP contribution in [0.5, 0.6) is 0 Å². The van der Waals surface area contributed by atoms with Gasteiger partial charge in [0, 0.05) is 13.1 Å². The largest absolute Gasteiger partial charge is 0.395 e. The lowest BCUT2D eigenvalue weighted by molar-refractivity contribution is 0.0622. The van der Waals surface area contributed by atoms with Gasteiger partial charge in [-0.1, -0.05) is 27.2 Å². The van der Waals surface area contributed by atoms with E-state index < -0.39 is 0 Å². The van der Waals surface area contributed by atoms with Crippen molar-refractivity contribution < 1.29 is 4.79 Å². The van der Waals surface area contributed by atoms with Crippen molar-refractivity contribution in [3.63, 3.8) is 0 Å². The lowest BCUT2D eigenvalue weighted by Gasteiger charge is -2.34. The molecule has 2 atom stereocenters. The van der Waals surface area contributed by atoms with Gasteiger partial charge in [-0.2, -0.15) is 5.10 Å². The van der Waals surface area contributed by atoms with E-state index in [2.05, 4.69) is 31.0 Å². The number of aryl methyl sites for hydroxylation is 1. The summed E-state index contributed by atoms with van der Waals surface area (Å²) in [5.41, 5.74) is 7.82. The minimum absolute atomic E-state index is 0.0325. The molecule has 1 aromatic rings. The number of amides is 1. The van der Waals surface area contributed by atoms with E-state index >= 15 is 0 Å². The molecule has 1 amide bonds. The molecule has 1 aliphatic heterocycles. The third kappa shape index (κ3) is 2.74. The Hall–Kier alpha value is -1.52. The predicted octanol–water partition coefficient (Wildman–Crippen LogP) is 2.06. The molecule has 3 N–H and O–H groups in total. The van der Waals surface area contributed by atoms with Crippen molar-refractivity contribution in [2.75, 3.05) is 18.8 Å². The number of hydrogen-bond donors (Lipinski definition) is 2. The maximum atomic E-state index is 12.5. The zero-order valence-corrected chi connectivity index (χ0v) is 12.1. The Bertz CT molecular complexity index is 454. The summed E-state index contributed by atoms with van der Waals surface area (Å²) in [7, 11) is 0. The summed E-state index contributed by atoms with van der Waals surface area (Å²) < 4.78 is 0. The van der Waals surface area contributed by atoms with Crippen LogP contribution >= 0.6 is 0 Å². The Labute approximate surface area is 114 Å². The maximum absolute atomic E-state index is 12.5. The Morgan fingerprint density at radius 2 is 2.21 bits per heavy atom. The average molecular weight is 264 g/mol. The highest BCUT2D eigenvalue weighted by Crippen LogP contribution is 2.25. The molecule has 5 heteroatoms. The Kier molecular flexibility index (Phi) is 4.12. The first kappa shape index (κ1) is 13.9. The summed E-state index contributed by atoms with van der Waals surface area (Å²) >= 11 is 0. The first-order chi connectivity index (χ1) is 9.04. The van der Waals surface area contributed by atoms with Crippen LogP contribution in [0.1, 0.15) is 49.8 Å². The van der Waals surface area contributed by atoms with Crippen LogP contribution in [0.2, 0.25) is 0 Å². The standard InChI is InChI=1S/C14H24N4O/c1-4-5-11-12(15)13(17-16-11)14(19)18-7-6-9(2)10(3)8-18/h9-10H,4-8,15H2,1-3H3,(H,16,17). The second kappa shape index (κ2) is 5.63. The van der Waals surface area contributed by atoms with Gasteiger partial charge in [-0.15, -0.1) is 0 Å². The highest BCUT2D eigenvalue weighted by Gasteiger charge is 2.29. The smallest absolute Gasteiger partial charge is 0.276 e. The number of H-pyrrole nitrogens is 1. The summed E-state index contributed by atoms with van der Waals surface area (Å²) in [5.74, 6) is 1.18. The lowest BCUT2D eigenvalue weighted by atomic mass is 9.88. The molecule has 1 aliphatic rings. The van der Waals surface area contributed by atoms with Gasteiger partial charge in [0.2, 0.25) is 0 Å². The van der Waals surface area contributed by atoms with E-state index in [-0.39, 0.29) is 5.91 Å². The van der Waals surface area contributed by atoms with Crippen molar-refractivity contribution >= 4 is 11.6 Å². The fourth-order valence-electron chi connectivity index (χ4n) is 2.59. The van der Waals surface area contributed by atoms with Gasteiger partial charge in [0.15, 0.2) is 5.69 Å². The van der Waals surface area contributed by atoms with Gasteiger partial charge in [0.1, 0.15) is 0 Å². The highest BCUT2D eigenvalue weighted by atomic mass is 16.2. The van der Waals surface area contributed by atoms with Crippen molar-refractivity contribution in [3.05, 3.63) is 11.4 Å². The number of nitrogens with one attached hydrogen (secondary N) is 1. The van der Waals surface area contributed by atoms with Crippen LogP contribution < -0.4 is 5.73 Å². The summed E-state index contributed by atoms with van der Waals surface area (Å²) in [5, 5.41) is 7.00. The second-order valence-electron chi connectivity index (χ2n) is 5.71. The molecule has 19 heavy (non-hydrogen) atoms. The topological polar surface area (TPSA) is 75.0 Å². The van der Waals surface area contributed by atoms with Crippen LogP contribution in [-0.4, -0.2) is 34.1 Å². The molecule has 0 saturated carbocycles. The Morgan fingerprint density at radius 3 is 2.84 bits per heavy atom. The molecule has 1 aromatic heterocycles. The summed E-state index contributed by atoms with van der Waals surface area (Å²) in [6.45, 7) is 8.12. The van der Waals surface area contributed by atoms with Crippen LogP contribution in [0.4, 0.5) is 5.69 Å². The molecule has 1 saturated heterocycles. The molecule has 106 valence electrons. The van der Waals surface area contributed by atoms with E-state index in [0.717, 1.165) is 38.0 Å². The van der Waals surface area contributed by atoms with E-state index in [1.165, 1.54) is 0 Å². The van der Waals surface area contributed by atoms with Gasteiger partial charge in [-0.25, -0.2) is 0 Å². The second-order valence-corrected chi connectivity index (χ2v) is 5.71. The van der Waals surface area contributed by atoms with Gasteiger partial charge in [0.25, 0.3) is 5.91 Å². The van der Waals surface area contributed by atoms with Crippen LogP contribution in [0.3, 0.4) is 0 Å². The van der Waals surface area contributed by atoms with Crippen molar-refractivity contribution in [3.8, 4) is 0 Å². The zero-order chi connectivity index (χ0) is 14.0. The van der Waals surface area contributed by atoms with E-state index in [0.29, 0.717) is 23.2 Å². The lowest BCUT2D eigenvalue weighted by Crippen LogP contribution is -2.42. The molecule has 0 bridgehead atoms. The minimum atomic E-state index is -0.0325. The molecular formula is C14H24N4O. The monoisotopic (exact) mass is 264 g/mol. The number of piperidine rings is 1. The molecule has 5 nitrogen and oxygen atoms in total. The van der Waals surface area contributed by atoms with Crippen molar-refractivity contribution in [1.82, 2.24) is 15.1 Å². The predicted molar refractivity (Wildman–Crippen MR) is 75.8 cm³/mol. The first-order valence-corrected chi connectivity index (χ1v) is 7.16. The van der Waals surface area contributed by atoms with Gasteiger partial charge in [0.05, 0.1) is 11.4 Å². The number of carbonyl (C=O) groups excluding carboxylic acids is 1. The van der Waals surface area contributed by atoms with Crippen molar-refractivity contribution in [2.45, 2.75) is 40.0 Å². The van der Waals surface area contributed by atoms with Crippen molar-refractivity contribution in [2.24, 2.45) is 11.8 Å². The van der Waals surface area contributed by atoms with Crippen LogP contribution in [-0.2, 0) is 6.42 Å². The van der Waals surface area contributed by atoms with Gasteiger partial charge in [-0.3, -0.25) is 9.89 Å². The molecule has 0 radical (unpaired) electrons.